The van der Waals surface area contributed by atoms with Gasteiger partial charge in [0.15, 0.2) is 0 Å². The Bertz CT molecular complexity index is 501. The van der Waals surface area contributed by atoms with Crippen LogP contribution in [0.15, 0.2) is 18.2 Å². The molecule has 1 aromatic rings. The van der Waals surface area contributed by atoms with Gasteiger partial charge in [-0.2, -0.15) is 0 Å². The second kappa shape index (κ2) is 4.64. The maximum absolute atomic E-state index is 11.8. The lowest BCUT2D eigenvalue weighted by atomic mass is 10.1. The van der Waals surface area contributed by atoms with E-state index in [-0.39, 0.29) is 5.56 Å². The van der Waals surface area contributed by atoms with Gasteiger partial charge in [0.2, 0.25) is 5.75 Å². The van der Waals surface area contributed by atoms with Crippen molar-refractivity contribution < 1.29 is 14.8 Å². The van der Waals surface area contributed by atoms with Crippen LogP contribution < -0.4 is 5.32 Å². The van der Waals surface area contributed by atoms with E-state index in [9.17, 15) is 20.0 Å². The average molecular weight is 250 g/mol. The Balaban J connectivity index is 2.09. The molecule has 2 N–H and O–H groups in total. The lowest BCUT2D eigenvalue weighted by molar-refractivity contribution is -0.385. The third-order valence-electron chi connectivity index (χ3n) is 3.26. The van der Waals surface area contributed by atoms with Crippen molar-refractivity contribution in [2.45, 2.75) is 13.3 Å². The standard InChI is InChI=1S/C12H14N2O4/c1-7-5-8(7)6-13-12(16)9-3-2-4-10(11(9)15)14(17)18/h2-4,7-8,15H,5-6H2,1H3,(H,13,16). The van der Waals surface area contributed by atoms with E-state index >= 15 is 0 Å². The number of para-hydroxylation sites is 1. The molecule has 1 aliphatic carbocycles. The van der Waals surface area contributed by atoms with Gasteiger partial charge in [0, 0.05) is 12.6 Å². The maximum atomic E-state index is 11.8. The molecule has 1 fully saturated rings. The van der Waals surface area contributed by atoms with E-state index in [2.05, 4.69) is 12.2 Å². The normalized spacial score (nSPS) is 21.4. The van der Waals surface area contributed by atoms with Crippen molar-refractivity contribution in [3.05, 3.63) is 33.9 Å². The highest BCUT2D eigenvalue weighted by atomic mass is 16.6. The number of hydrogen-bond donors (Lipinski definition) is 2. The molecule has 2 rings (SSSR count). The summed E-state index contributed by atoms with van der Waals surface area (Å²) in [5.74, 6) is 0.0398. The lowest BCUT2D eigenvalue weighted by Crippen LogP contribution is -2.26. The minimum absolute atomic E-state index is 0.0579. The molecule has 0 aromatic heterocycles. The number of nitrogens with one attached hydrogen (secondary N) is 1. The Morgan fingerprint density at radius 3 is 2.83 bits per heavy atom. The van der Waals surface area contributed by atoms with Gasteiger partial charge in [-0.05, 0) is 24.3 Å². The lowest BCUT2D eigenvalue weighted by Gasteiger charge is -2.06. The molecule has 0 heterocycles. The summed E-state index contributed by atoms with van der Waals surface area (Å²) in [6, 6.07) is 3.91. The highest BCUT2D eigenvalue weighted by molar-refractivity contribution is 5.98. The van der Waals surface area contributed by atoms with Gasteiger partial charge in [-0.25, -0.2) is 0 Å². The molecule has 96 valence electrons. The highest BCUT2D eigenvalue weighted by Crippen LogP contribution is 2.37. The zero-order valence-corrected chi connectivity index (χ0v) is 9.92. The number of nitro benzene ring substituents is 1. The maximum Gasteiger partial charge on any atom is 0.311 e. The number of aromatic hydroxyl groups is 1. The van der Waals surface area contributed by atoms with E-state index in [0.717, 1.165) is 12.5 Å². The van der Waals surface area contributed by atoms with Gasteiger partial charge in [0.1, 0.15) is 0 Å². The van der Waals surface area contributed by atoms with Crippen molar-refractivity contribution in [3.63, 3.8) is 0 Å². The molecule has 2 unspecified atom stereocenters. The molecule has 2 atom stereocenters. The number of carbonyl (C=O) groups is 1. The second-order valence-corrected chi connectivity index (χ2v) is 4.61. The van der Waals surface area contributed by atoms with Crippen LogP contribution in [0.1, 0.15) is 23.7 Å². The summed E-state index contributed by atoms with van der Waals surface area (Å²) in [4.78, 5) is 21.7. The first-order valence-corrected chi connectivity index (χ1v) is 5.75. The topological polar surface area (TPSA) is 92.5 Å². The third kappa shape index (κ3) is 2.42. The molecular formula is C12H14N2O4. The predicted molar refractivity (Wildman–Crippen MR) is 64.4 cm³/mol. The summed E-state index contributed by atoms with van der Waals surface area (Å²) < 4.78 is 0. The van der Waals surface area contributed by atoms with E-state index in [1.807, 2.05) is 0 Å². The number of phenolic OH excluding ortho intramolecular Hbond substituents is 1. The zero-order valence-electron chi connectivity index (χ0n) is 9.92. The van der Waals surface area contributed by atoms with Crippen LogP contribution in [0.25, 0.3) is 0 Å². The fourth-order valence-electron chi connectivity index (χ4n) is 1.86. The highest BCUT2D eigenvalue weighted by Gasteiger charge is 2.32. The number of hydrogen-bond acceptors (Lipinski definition) is 4. The van der Waals surface area contributed by atoms with Crippen LogP contribution in [0.4, 0.5) is 5.69 Å². The Hall–Kier alpha value is -2.11. The van der Waals surface area contributed by atoms with Crippen molar-refractivity contribution in [3.8, 4) is 5.75 Å². The Morgan fingerprint density at radius 1 is 1.61 bits per heavy atom. The van der Waals surface area contributed by atoms with E-state index in [4.69, 9.17) is 0 Å². The van der Waals surface area contributed by atoms with Gasteiger partial charge < -0.3 is 10.4 Å². The first-order valence-electron chi connectivity index (χ1n) is 5.75. The van der Waals surface area contributed by atoms with E-state index in [1.54, 1.807) is 0 Å². The Kier molecular flexibility index (Phi) is 3.18. The molecule has 6 nitrogen and oxygen atoms in total. The first kappa shape index (κ1) is 12.3. The number of nitrogens with zero attached hydrogens (tertiary/aromatic N) is 1. The van der Waals surface area contributed by atoms with Crippen LogP contribution in [0.3, 0.4) is 0 Å². The van der Waals surface area contributed by atoms with Crippen molar-refractivity contribution in [1.29, 1.82) is 0 Å². The SMILES string of the molecule is CC1CC1CNC(=O)c1cccc([N+](=O)[O-])c1O. The van der Waals surface area contributed by atoms with Gasteiger partial charge in [0.05, 0.1) is 10.5 Å². The largest absolute Gasteiger partial charge is 0.502 e. The summed E-state index contributed by atoms with van der Waals surface area (Å²) in [7, 11) is 0. The van der Waals surface area contributed by atoms with Gasteiger partial charge in [-0.3, -0.25) is 14.9 Å². The van der Waals surface area contributed by atoms with Gasteiger partial charge in [-0.1, -0.05) is 13.0 Å². The molecule has 1 amide bonds. The summed E-state index contributed by atoms with van der Waals surface area (Å²) in [6.45, 7) is 2.64. The zero-order chi connectivity index (χ0) is 13.3. The van der Waals surface area contributed by atoms with Crippen LogP contribution in [0, 0.1) is 22.0 Å². The molecule has 0 bridgehead atoms. The van der Waals surface area contributed by atoms with Crippen molar-refractivity contribution in [2.24, 2.45) is 11.8 Å². The number of phenols is 1. The molecule has 0 aliphatic heterocycles. The fraction of sp³-hybridized carbons (Fsp3) is 0.417. The van der Waals surface area contributed by atoms with Crippen molar-refractivity contribution in [1.82, 2.24) is 5.32 Å². The van der Waals surface area contributed by atoms with Crippen molar-refractivity contribution >= 4 is 11.6 Å². The summed E-state index contributed by atoms with van der Waals surface area (Å²) in [5, 5.41) is 23.0. The van der Waals surface area contributed by atoms with Crippen LogP contribution in [0.5, 0.6) is 5.75 Å². The molecular weight excluding hydrogens is 236 g/mol. The van der Waals surface area contributed by atoms with Gasteiger partial charge in [-0.15, -0.1) is 0 Å². The van der Waals surface area contributed by atoms with Crippen LogP contribution >= 0.6 is 0 Å². The smallest absolute Gasteiger partial charge is 0.311 e. The number of amides is 1. The number of benzene rings is 1. The predicted octanol–water partition coefficient (Wildman–Crippen LogP) is 1.69. The molecule has 18 heavy (non-hydrogen) atoms. The van der Waals surface area contributed by atoms with E-state index in [1.165, 1.54) is 12.1 Å². The summed E-state index contributed by atoms with van der Waals surface area (Å²) >= 11 is 0. The van der Waals surface area contributed by atoms with Crippen LogP contribution in [0.2, 0.25) is 0 Å². The fourth-order valence-corrected chi connectivity index (χ4v) is 1.86. The van der Waals surface area contributed by atoms with E-state index in [0.29, 0.717) is 18.4 Å². The second-order valence-electron chi connectivity index (χ2n) is 4.61. The minimum Gasteiger partial charge on any atom is -0.502 e. The Labute approximate surface area is 104 Å². The van der Waals surface area contributed by atoms with Crippen molar-refractivity contribution in [2.75, 3.05) is 6.54 Å². The molecule has 1 saturated carbocycles. The van der Waals surface area contributed by atoms with Gasteiger partial charge in [0.25, 0.3) is 5.91 Å². The van der Waals surface area contributed by atoms with Gasteiger partial charge >= 0.3 is 5.69 Å². The van der Waals surface area contributed by atoms with E-state index < -0.39 is 22.3 Å². The first-order chi connectivity index (χ1) is 8.50. The quantitative estimate of drug-likeness (QED) is 0.628. The molecule has 0 radical (unpaired) electrons. The molecule has 1 aromatic carbocycles. The monoisotopic (exact) mass is 250 g/mol. The third-order valence-corrected chi connectivity index (χ3v) is 3.26. The molecule has 0 saturated heterocycles. The minimum atomic E-state index is -0.713. The van der Waals surface area contributed by atoms with Crippen LogP contribution in [-0.2, 0) is 0 Å². The number of nitro groups is 1. The average Bonchev–Trinajstić information content (AvgIpc) is 3.02. The Morgan fingerprint density at radius 2 is 2.28 bits per heavy atom. The number of carbonyl (C=O) groups excluding carboxylic acids is 1. The summed E-state index contributed by atoms with van der Waals surface area (Å²) in [5.41, 5.74) is -0.514. The summed E-state index contributed by atoms with van der Waals surface area (Å²) in [6.07, 6.45) is 1.08. The molecule has 1 aliphatic rings. The molecule has 6 heteroatoms. The number of rotatable bonds is 4. The van der Waals surface area contributed by atoms with Crippen LogP contribution in [-0.4, -0.2) is 22.5 Å². The molecule has 0 spiro atoms.